The lowest BCUT2D eigenvalue weighted by molar-refractivity contribution is 0.0919. The number of nitrogens with two attached hydrogens (primary N) is 2. The summed E-state index contributed by atoms with van der Waals surface area (Å²) in [6, 6.07) is 5.19. The maximum absolute atomic E-state index is 12.2. The monoisotopic (exact) mass is 261 g/mol. The molecular formula is C15H23N3O. The van der Waals surface area contributed by atoms with Crippen molar-refractivity contribution in [3.63, 3.8) is 0 Å². The van der Waals surface area contributed by atoms with Crippen LogP contribution in [0.25, 0.3) is 0 Å². The lowest BCUT2D eigenvalue weighted by atomic mass is 9.84. The molecule has 104 valence electrons. The summed E-state index contributed by atoms with van der Waals surface area (Å²) in [5.41, 5.74) is 13.0. The average Bonchev–Trinajstić information content (AvgIpc) is 2.38. The number of hydrogen-bond donors (Lipinski definition) is 3. The van der Waals surface area contributed by atoms with Gasteiger partial charge in [-0.3, -0.25) is 4.79 Å². The van der Waals surface area contributed by atoms with Crippen LogP contribution in [0, 0.1) is 5.92 Å². The molecule has 1 atom stereocenters. The van der Waals surface area contributed by atoms with Gasteiger partial charge in [0.25, 0.3) is 5.91 Å². The number of amides is 1. The van der Waals surface area contributed by atoms with Crippen LogP contribution in [0.3, 0.4) is 0 Å². The third-order valence-electron chi connectivity index (χ3n) is 3.96. The summed E-state index contributed by atoms with van der Waals surface area (Å²) < 4.78 is 0. The molecule has 0 saturated heterocycles. The number of carbonyl (C=O) groups excluding carboxylic acids is 1. The van der Waals surface area contributed by atoms with E-state index in [1.165, 1.54) is 32.1 Å². The maximum Gasteiger partial charge on any atom is 0.251 e. The lowest BCUT2D eigenvalue weighted by Crippen LogP contribution is -2.38. The molecule has 0 aliphatic heterocycles. The molecule has 1 fully saturated rings. The third-order valence-corrected chi connectivity index (χ3v) is 3.96. The number of hydrogen-bond acceptors (Lipinski definition) is 3. The fourth-order valence-electron chi connectivity index (χ4n) is 2.85. The summed E-state index contributed by atoms with van der Waals surface area (Å²) in [5.74, 6) is 0.508. The third kappa shape index (κ3) is 3.63. The number of nitrogen functional groups attached to an aromatic ring is 2. The first-order valence-corrected chi connectivity index (χ1v) is 7.03. The van der Waals surface area contributed by atoms with Crippen molar-refractivity contribution >= 4 is 17.3 Å². The van der Waals surface area contributed by atoms with Crippen LogP contribution in [0.2, 0.25) is 0 Å². The van der Waals surface area contributed by atoms with Gasteiger partial charge in [-0.05, 0) is 43.9 Å². The Bertz CT molecular complexity index is 432. The van der Waals surface area contributed by atoms with Crippen molar-refractivity contribution in [1.82, 2.24) is 5.32 Å². The highest BCUT2D eigenvalue weighted by Crippen LogP contribution is 2.26. The molecule has 1 aromatic rings. The smallest absolute Gasteiger partial charge is 0.251 e. The highest BCUT2D eigenvalue weighted by atomic mass is 16.1. The maximum atomic E-state index is 12.2. The molecular weight excluding hydrogens is 238 g/mol. The molecule has 1 aliphatic rings. The molecule has 1 aliphatic carbocycles. The Morgan fingerprint density at radius 2 is 1.74 bits per heavy atom. The van der Waals surface area contributed by atoms with E-state index >= 15 is 0 Å². The van der Waals surface area contributed by atoms with Gasteiger partial charge in [-0.2, -0.15) is 0 Å². The predicted molar refractivity (Wildman–Crippen MR) is 78.8 cm³/mol. The Kier molecular flexibility index (Phi) is 4.30. The molecule has 0 aromatic heterocycles. The van der Waals surface area contributed by atoms with E-state index in [1.54, 1.807) is 18.2 Å². The first-order chi connectivity index (χ1) is 9.06. The van der Waals surface area contributed by atoms with Crippen molar-refractivity contribution in [3.8, 4) is 0 Å². The second kappa shape index (κ2) is 5.95. The average molecular weight is 261 g/mol. The molecule has 4 heteroatoms. The summed E-state index contributed by atoms with van der Waals surface area (Å²) in [6.45, 7) is 2.09. The zero-order valence-corrected chi connectivity index (χ0v) is 11.5. The SMILES string of the molecule is CC(NC(=O)c1cc(N)cc(N)c1)C1CCCCC1. The van der Waals surface area contributed by atoms with Gasteiger partial charge in [0.2, 0.25) is 0 Å². The summed E-state index contributed by atoms with van der Waals surface area (Å²) in [7, 11) is 0. The zero-order chi connectivity index (χ0) is 13.8. The highest BCUT2D eigenvalue weighted by molar-refractivity contribution is 5.96. The second-order valence-electron chi connectivity index (χ2n) is 5.55. The Labute approximate surface area is 114 Å². The fourth-order valence-corrected chi connectivity index (χ4v) is 2.85. The van der Waals surface area contributed by atoms with Crippen LogP contribution < -0.4 is 16.8 Å². The molecule has 0 heterocycles. The summed E-state index contributed by atoms with van der Waals surface area (Å²) >= 11 is 0. The molecule has 1 amide bonds. The minimum Gasteiger partial charge on any atom is -0.399 e. The molecule has 1 unspecified atom stereocenters. The molecule has 0 radical (unpaired) electrons. The fraction of sp³-hybridized carbons (Fsp3) is 0.533. The molecule has 0 spiro atoms. The Morgan fingerprint density at radius 1 is 1.16 bits per heavy atom. The number of anilines is 2. The van der Waals surface area contributed by atoms with E-state index in [1.807, 2.05) is 0 Å². The van der Waals surface area contributed by atoms with Crippen LogP contribution in [0.15, 0.2) is 18.2 Å². The summed E-state index contributed by atoms with van der Waals surface area (Å²) in [6.07, 6.45) is 6.29. The van der Waals surface area contributed by atoms with E-state index in [9.17, 15) is 4.79 Å². The van der Waals surface area contributed by atoms with Gasteiger partial charge in [-0.1, -0.05) is 19.3 Å². The van der Waals surface area contributed by atoms with E-state index in [0.29, 0.717) is 22.9 Å². The van der Waals surface area contributed by atoms with Crippen molar-refractivity contribution in [2.45, 2.75) is 45.1 Å². The van der Waals surface area contributed by atoms with Crippen LogP contribution >= 0.6 is 0 Å². The number of carbonyl (C=O) groups is 1. The van der Waals surface area contributed by atoms with Gasteiger partial charge in [-0.15, -0.1) is 0 Å². The molecule has 2 rings (SSSR count). The molecule has 4 nitrogen and oxygen atoms in total. The van der Waals surface area contributed by atoms with E-state index < -0.39 is 0 Å². The van der Waals surface area contributed by atoms with Crippen molar-refractivity contribution in [3.05, 3.63) is 23.8 Å². The molecule has 1 saturated carbocycles. The number of nitrogens with one attached hydrogen (secondary N) is 1. The topological polar surface area (TPSA) is 81.1 Å². The lowest BCUT2D eigenvalue weighted by Gasteiger charge is -2.28. The van der Waals surface area contributed by atoms with E-state index in [2.05, 4.69) is 12.2 Å². The van der Waals surface area contributed by atoms with Gasteiger partial charge >= 0.3 is 0 Å². The van der Waals surface area contributed by atoms with E-state index in [0.717, 1.165) is 0 Å². The summed E-state index contributed by atoms with van der Waals surface area (Å²) in [4.78, 5) is 12.2. The van der Waals surface area contributed by atoms with Gasteiger partial charge in [0.1, 0.15) is 0 Å². The van der Waals surface area contributed by atoms with Gasteiger partial charge < -0.3 is 16.8 Å². The van der Waals surface area contributed by atoms with Crippen LogP contribution in [-0.4, -0.2) is 11.9 Å². The minimum atomic E-state index is -0.0860. The molecule has 19 heavy (non-hydrogen) atoms. The second-order valence-corrected chi connectivity index (χ2v) is 5.55. The highest BCUT2D eigenvalue weighted by Gasteiger charge is 2.21. The quantitative estimate of drug-likeness (QED) is 0.731. The largest absolute Gasteiger partial charge is 0.399 e. The summed E-state index contributed by atoms with van der Waals surface area (Å²) in [5, 5.41) is 3.07. The first kappa shape index (κ1) is 13.7. The van der Waals surface area contributed by atoms with Gasteiger partial charge in [-0.25, -0.2) is 0 Å². The molecule has 1 aromatic carbocycles. The van der Waals surface area contributed by atoms with Crippen molar-refractivity contribution in [2.75, 3.05) is 11.5 Å². The Morgan fingerprint density at radius 3 is 2.32 bits per heavy atom. The minimum absolute atomic E-state index is 0.0860. The molecule has 5 N–H and O–H groups in total. The van der Waals surface area contributed by atoms with Crippen LogP contribution in [0.5, 0.6) is 0 Å². The van der Waals surface area contributed by atoms with Gasteiger partial charge in [0.05, 0.1) is 0 Å². The van der Waals surface area contributed by atoms with E-state index in [4.69, 9.17) is 11.5 Å². The predicted octanol–water partition coefficient (Wildman–Crippen LogP) is 2.55. The van der Waals surface area contributed by atoms with Gasteiger partial charge in [0, 0.05) is 23.0 Å². The van der Waals surface area contributed by atoms with Crippen molar-refractivity contribution in [2.24, 2.45) is 5.92 Å². The molecule has 0 bridgehead atoms. The van der Waals surface area contributed by atoms with Crippen molar-refractivity contribution < 1.29 is 4.79 Å². The number of benzene rings is 1. The van der Waals surface area contributed by atoms with Gasteiger partial charge in [0.15, 0.2) is 0 Å². The van der Waals surface area contributed by atoms with Crippen LogP contribution in [-0.2, 0) is 0 Å². The van der Waals surface area contributed by atoms with Crippen LogP contribution in [0.1, 0.15) is 49.4 Å². The zero-order valence-electron chi connectivity index (χ0n) is 11.5. The van der Waals surface area contributed by atoms with Crippen LogP contribution in [0.4, 0.5) is 11.4 Å². The standard InChI is InChI=1S/C15H23N3O/c1-10(11-5-3-2-4-6-11)18-15(19)12-7-13(16)9-14(17)8-12/h7-11H,2-6,16-17H2,1H3,(H,18,19). The van der Waals surface area contributed by atoms with Crippen molar-refractivity contribution in [1.29, 1.82) is 0 Å². The normalized spacial score (nSPS) is 17.9. The Hall–Kier alpha value is -1.71. The Balaban J connectivity index is 1.99. The number of rotatable bonds is 3. The first-order valence-electron chi connectivity index (χ1n) is 7.03. The van der Waals surface area contributed by atoms with E-state index in [-0.39, 0.29) is 11.9 Å².